The van der Waals surface area contributed by atoms with Gasteiger partial charge >= 0.3 is 0 Å². The topological polar surface area (TPSA) is 62.2 Å². The van der Waals surface area contributed by atoms with Crippen molar-refractivity contribution in [3.63, 3.8) is 0 Å². The van der Waals surface area contributed by atoms with E-state index >= 15 is 0 Å². The lowest BCUT2D eigenvalue weighted by molar-refractivity contribution is 0.102. The van der Waals surface area contributed by atoms with Gasteiger partial charge in [-0.15, -0.1) is 0 Å². The molecule has 0 aliphatic rings. The van der Waals surface area contributed by atoms with Gasteiger partial charge in [-0.25, -0.2) is 0 Å². The Labute approximate surface area is 122 Å². The average molecular weight is 278 g/mol. The van der Waals surface area contributed by atoms with Gasteiger partial charge in [-0.05, 0) is 29.8 Å². The van der Waals surface area contributed by atoms with Crippen LogP contribution in [-0.2, 0) is 6.61 Å². The summed E-state index contributed by atoms with van der Waals surface area (Å²) < 4.78 is 0. The van der Waals surface area contributed by atoms with Crippen LogP contribution in [0.4, 0.5) is 5.69 Å². The van der Waals surface area contributed by atoms with Crippen molar-refractivity contribution in [2.45, 2.75) is 6.61 Å². The number of aliphatic hydroxyl groups is 1. The zero-order valence-electron chi connectivity index (χ0n) is 11.3. The number of fused-ring (bicyclic) bond motifs is 1. The number of aromatic nitrogens is 1. The number of hydrogen-bond donors (Lipinski definition) is 2. The predicted octanol–water partition coefficient (Wildman–Crippen LogP) is 2.98. The molecule has 1 heterocycles. The maximum Gasteiger partial charge on any atom is 0.257 e. The minimum absolute atomic E-state index is 0.0560. The lowest BCUT2D eigenvalue weighted by Gasteiger charge is -2.08. The van der Waals surface area contributed by atoms with Crippen LogP contribution < -0.4 is 5.32 Å². The molecule has 21 heavy (non-hydrogen) atoms. The minimum atomic E-state index is -0.214. The van der Waals surface area contributed by atoms with Gasteiger partial charge in [-0.3, -0.25) is 9.78 Å². The highest BCUT2D eigenvalue weighted by Gasteiger charge is 2.11. The van der Waals surface area contributed by atoms with E-state index in [1.807, 2.05) is 24.3 Å². The largest absolute Gasteiger partial charge is 0.392 e. The van der Waals surface area contributed by atoms with Crippen LogP contribution in [0.25, 0.3) is 10.9 Å². The van der Waals surface area contributed by atoms with Gasteiger partial charge in [-0.1, -0.05) is 30.3 Å². The third-order valence-electron chi connectivity index (χ3n) is 3.24. The number of amides is 1. The Bertz CT molecular complexity index is 794. The smallest absolute Gasteiger partial charge is 0.257 e. The molecular weight excluding hydrogens is 264 g/mol. The molecule has 0 aliphatic carbocycles. The summed E-state index contributed by atoms with van der Waals surface area (Å²) in [6.07, 6.45) is 1.67. The second-order valence-electron chi connectivity index (χ2n) is 4.69. The highest BCUT2D eigenvalue weighted by Crippen LogP contribution is 2.18. The lowest BCUT2D eigenvalue weighted by Crippen LogP contribution is -2.12. The summed E-state index contributed by atoms with van der Waals surface area (Å²) in [5.41, 5.74) is 2.61. The van der Waals surface area contributed by atoms with Gasteiger partial charge in [0.05, 0.1) is 17.7 Å². The molecule has 3 aromatic rings. The molecule has 4 heteroatoms. The van der Waals surface area contributed by atoms with Crippen molar-refractivity contribution in [2.75, 3.05) is 5.32 Å². The van der Waals surface area contributed by atoms with Gasteiger partial charge in [0.15, 0.2) is 0 Å². The molecule has 0 aliphatic heterocycles. The van der Waals surface area contributed by atoms with E-state index < -0.39 is 0 Å². The molecule has 0 saturated carbocycles. The Morgan fingerprint density at radius 2 is 1.90 bits per heavy atom. The summed E-state index contributed by atoms with van der Waals surface area (Å²) >= 11 is 0. The Kier molecular flexibility index (Phi) is 3.62. The number of pyridine rings is 1. The monoisotopic (exact) mass is 278 g/mol. The summed E-state index contributed by atoms with van der Waals surface area (Å²) in [6, 6.07) is 16.4. The molecule has 0 atom stereocenters. The number of aliphatic hydroxyl groups excluding tert-OH is 1. The zero-order chi connectivity index (χ0) is 14.7. The van der Waals surface area contributed by atoms with Gasteiger partial charge in [0.25, 0.3) is 5.91 Å². The zero-order valence-corrected chi connectivity index (χ0v) is 11.3. The van der Waals surface area contributed by atoms with Crippen LogP contribution in [0.1, 0.15) is 15.9 Å². The van der Waals surface area contributed by atoms with Crippen molar-refractivity contribution >= 4 is 22.5 Å². The van der Waals surface area contributed by atoms with Crippen molar-refractivity contribution in [1.29, 1.82) is 0 Å². The fraction of sp³-hybridized carbons (Fsp3) is 0.0588. The third kappa shape index (κ3) is 2.75. The Morgan fingerprint density at radius 1 is 1.10 bits per heavy atom. The number of anilines is 1. The van der Waals surface area contributed by atoms with E-state index in [1.165, 1.54) is 0 Å². The van der Waals surface area contributed by atoms with Gasteiger partial charge in [0.1, 0.15) is 0 Å². The molecule has 2 aromatic carbocycles. The number of benzene rings is 2. The van der Waals surface area contributed by atoms with E-state index in [9.17, 15) is 4.79 Å². The molecule has 0 saturated heterocycles. The summed E-state index contributed by atoms with van der Waals surface area (Å²) in [6.45, 7) is -0.0560. The SMILES string of the molecule is O=C(Nc1cccc(CO)c1)c1cccc2cccnc12. The van der Waals surface area contributed by atoms with E-state index in [4.69, 9.17) is 5.11 Å². The standard InChI is InChI=1S/C17H14N2O2/c20-11-12-4-1-7-14(10-12)19-17(21)15-8-2-5-13-6-3-9-18-16(13)15/h1-10,20H,11H2,(H,19,21). The number of rotatable bonds is 3. The van der Waals surface area contributed by atoms with Crippen LogP contribution in [-0.4, -0.2) is 16.0 Å². The van der Waals surface area contributed by atoms with Gasteiger partial charge in [0, 0.05) is 17.3 Å². The number of hydrogen-bond acceptors (Lipinski definition) is 3. The quantitative estimate of drug-likeness (QED) is 0.774. The van der Waals surface area contributed by atoms with Crippen LogP contribution in [0.15, 0.2) is 60.8 Å². The van der Waals surface area contributed by atoms with Gasteiger partial charge in [-0.2, -0.15) is 0 Å². The molecule has 0 fully saturated rings. The molecule has 4 nitrogen and oxygen atoms in total. The first-order valence-electron chi connectivity index (χ1n) is 6.63. The first kappa shape index (κ1) is 13.3. The maximum atomic E-state index is 12.4. The number of nitrogens with zero attached hydrogens (tertiary/aromatic N) is 1. The molecule has 0 bridgehead atoms. The lowest BCUT2D eigenvalue weighted by atomic mass is 10.1. The Balaban J connectivity index is 1.93. The molecule has 2 N–H and O–H groups in total. The molecule has 3 rings (SSSR count). The molecule has 104 valence electrons. The van der Waals surface area contributed by atoms with Crippen LogP contribution >= 0.6 is 0 Å². The van der Waals surface area contributed by atoms with Crippen LogP contribution in [0.3, 0.4) is 0 Å². The molecule has 0 unspecified atom stereocenters. The van der Waals surface area contributed by atoms with Gasteiger partial charge < -0.3 is 10.4 Å². The summed E-state index contributed by atoms with van der Waals surface area (Å²) in [4.78, 5) is 16.7. The van der Waals surface area contributed by atoms with Crippen molar-refractivity contribution < 1.29 is 9.90 Å². The number of nitrogens with one attached hydrogen (secondary N) is 1. The molecule has 0 spiro atoms. The number of para-hydroxylation sites is 1. The van der Waals surface area contributed by atoms with Crippen molar-refractivity contribution in [1.82, 2.24) is 4.98 Å². The number of carbonyl (C=O) groups is 1. The Morgan fingerprint density at radius 3 is 2.76 bits per heavy atom. The second kappa shape index (κ2) is 5.73. The van der Waals surface area contributed by atoms with Crippen molar-refractivity contribution in [3.05, 3.63) is 71.9 Å². The summed E-state index contributed by atoms with van der Waals surface area (Å²) in [7, 11) is 0. The molecule has 0 radical (unpaired) electrons. The van der Waals surface area contributed by atoms with E-state index in [0.717, 1.165) is 10.9 Å². The van der Waals surface area contributed by atoms with Crippen molar-refractivity contribution in [3.8, 4) is 0 Å². The van der Waals surface area contributed by atoms with Gasteiger partial charge in [0.2, 0.25) is 0 Å². The van der Waals surface area contributed by atoms with E-state index in [-0.39, 0.29) is 12.5 Å². The first-order valence-corrected chi connectivity index (χ1v) is 6.63. The number of carbonyl (C=O) groups excluding carboxylic acids is 1. The third-order valence-corrected chi connectivity index (χ3v) is 3.24. The molecule has 1 amide bonds. The average Bonchev–Trinajstić information content (AvgIpc) is 2.54. The summed E-state index contributed by atoms with van der Waals surface area (Å²) in [5, 5.41) is 12.9. The van der Waals surface area contributed by atoms with E-state index in [2.05, 4.69) is 10.3 Å². The maximum absolute atomic E-state index is 12.4. The van der Waals surface area contributed by atoms with Crippen LogP contribution in [0.5, 0.6) is 0 Å². The van der Waals surface area contributed by atoms with E-state index in [0.29, 0.717) is 16.8 Å². The molecular formula is C17H14N2O2. The fourth-order valence-corrected chi connectivity index (χ4v) is 2.23. The first-order chi connectivity index (χ1) is 10.3. The summed E-state index contributed by atoms with van der Waals surface area (Å²) in [5.74, 6) is -0.214. The normalized spacial score (nSPS) is 10.5. The Hall–Kier alpha value is -2.72. The minimum Gasteiger partial charge on any atom is -0.392 e. The predicted molar refractivity (Wildman–Crippen MR) is 82.1 cm³/mol. The van der Waals surface area contributed by atoms with Crippen LogP contribution in [0.2, 0.25) is 0 Å². The fourth-order valence-electron chi connectivity index (χ4n) is 2.23. The highest BCUT2D eigenvalue weighted by atomic mass is 16.3. The van der Waals surface area contributed by atoms with Crippen molar-refractivity contribution in [2.24, 2.45) is 0 Å². The van der Waals surface area contributed by atoms with E-state index in [1.54, 1.807) is 36.5 Å². The van der Waals surface area contributed by atoms with Crippen LogP contribution in [0, 0.1) is 0 Å². The highest BCUT2D eigenvalue weighted by molar-refractivity contribution is 6.11. The second-order valence-corrected chi connectivity index (χ2v) is 4.69. The molecule has 1 aromatic heterocycles.